The molecule has 1 atom stereocenters. The van der Waals surface area contributed by atoms with Crippen molar-refractivity contribution in [3.05, 3.63) is 23.3 Å². The topological polar surface area (TPSA) is 114 Å². The van der Waals surface area contributed by atoms with Crippen LogP contribution < -0.4 is 15.5 Å². The number of ether oxygens (including phenoxy) is 2. The highest BCUT2D eigenvalue weighted by Gasteiger charge is 2.37. The zero-order valence-electron chi connectivity index (χ0n) is 17.4. The standard InChI is InChI=1S/C17H24BNO7.C2H6/c1-10-7-11(24-6-5-19-16(22)25-17(2,3)4)8-12-15(10)13(9-14(20)21)26-18(12)23;1-2/h7-8,13,23H,5-6,9H2,1-4H3,(H,19,22)(H,20,21);1-2H3. The van der Waals surface area contributed by atoms with Gasteiger partial charge in [-0.05, 0) is 56.4 Å². The van der Waals surface area contributed by atoms with E-state index in [1.54, 1.807) is 39.8 Å². The predicted octanol–water partition coefficient (Wildman–Crippen LogP) is 2.16. The van der Waals surface area contributed by atoms with Crippen LogP contribution in [0.1, 0.15) is 58.3 Å². The number of carbonyl (C=O) groups is 2. The summed E-state index contributed by atoms with van der Waals surface area (Å²) < 4.78 is 16.1. The summed E-state index contributed by atoms with van der Waals surface area (Å²) in [5.74, 6) is -0.492. The minimum atomic E-state index is -1.18. The molecule has 0 saturated heterocycles. The van der Waals surface area contributed by atoms with Crippen LogP contribution in [-0.2, 0) is 14.2 Å². The van der Waals surface area contributed by atoms with Gasteiger partial charge in [0.05, 0.1) is 19.1 Å². The SMILES string of the molecule is CC.Cc1cc(OCCNC(=O)OC(C)(C)C)cc2c1C(CC(=O)O)OB2O. The van der Waals surface area contributed by atoms with Gasteiger partial charge in [-0.3, -0.25) is 4.79 Å². The molecule has 1 aliphatic rings. The summed E-state index contributed by atoms with van der Waals surface area (Å²) in [5.41, 5.74) is 1.40. The number of amides is 1. The Morgan fingerprint density at radius 3 is 2.50 bits per heavy atom. The average Bonchev–Trinajstić information content (AvgIpc) is 2.87. The van der Waals surface area contributed by atoms with Crippen molar-refractivity contribution in [1.29, 1.82) is 0 Å². The maximum Gasteiger partial charge on any atom is 0.492 e. The molecule has 0 radical (unpaired) electrons. The minimum absolute atomic E-state index is 0.215. The van der Waals surface area contributed by atoms with Crippen LogP contribution in [-0.4, -0.2) is 48.1 Å². The fourth-order valence-electron chi connectivity index (χ4n) is 2.76. The molecule has 1 aromatic carbocycles. The number of carboxylic acid groups (broad SMARTS) is 1. The van der Waals surface area contributed by atoms with Gasteiger partial charge in [0, 0.05) is 0 Å². The number of aliphatic carboxylic acids is 1. The monoisotopic (exact) mass is 395 g/mol. The van der Waals surface area contributed by atoms with Crippen LogP contribution in [0.5, 0.6) is 5.75 Å². The van der Waals surface area contributed by atoms with E-state index in [-0.39, 0.29) is 19.6 Å². The second-order valence-corrected chi connectivity index (χ2v) is 7.10. The smallest absolute Gasteiger partial charge is 0.492 e. The first-order valence-electron chi connectivity index (χ1n) is 9.36. The molecular weight excluding hydrogens is 365 g/mol. The molecule has 9 heteroatoms. The summed E-state index contributed by atoms with van der Waals surface area (Å²) >= 11 is 0. The van der Waals surface area contributed by atoms with Gasteiger partial charge in [-0.1, -0.05) is 13.8 Å². The normalized spacial score (nSPS) is 15.2. The molecular formula is C19H30BNO7. The number of fused-ring (bicyclic) bond motifs is 1. The van der Waals surface area contributed by atoms with Gasteiger partial charge >= 0.3 is 19.2 Å². The first kappa shape index (κ1) is 23.8. The van der Waals surface area contributed by atoms with Gasteiger partial charge < -0.3 is 29.6 Å². The van der Waals surface area contributed by atoms with E-state index in [1.165, 1.54) is 0 Å². The molecule has 1 amide bonds. The average molecular weight is 395 g/mol. The highest BCUT2D eigenvalue weighted by molar-refractivity contribution is 6.62. The van der Waals surface area contributed by atoms with E-state index < -0.39 is 30.9 Å². The number of carboxylic acids is 1. The van der Waals surface area contributed by atoms with Gasteiger partial charge in [-0.2, -0.15) is 0 Å². The molecule has 0 saturated carbocycles. The number of aryl methyl sites for hydroxylation is 1. The zero-order valence-corrected chi connectivity index (χ0v) is 17.4. The van der Waals surface area contributed by atoms with E-state index in [9.17, 15) is 14.6 Å². The van der Waals surface area contributed by atoms with Crippen molar-refractivity contribution >= 4 is 24.6 Å². The maximum absolute atomic E-state index is 11.6. The highest BCUT2D eigenvalue weighted by atomic mass is 16.6. The fraction of sp³-hybridized carbons (Fsp3) is 0.579. The third-order valence-corrected chi connectivity index (χ3v) is 3.67. The lowest BCUT2D eigenvalue weighted by Crippen LogP contribution is -2.34. The lowest BCUT2D eigenvalue weighted by atomic mass is 9.77. The molecule has 0 bridgehead atoms. The van der Waals surface area contributed by atoms with Crippen LogP contribution in [0.2, 0.25) is 0 Å². The third-order valence-electron chi connectivity index (χ3n) is 3.67. The third kappa shape index (κ3) is 7.05. The Labute approximate surface area is 166 Å². The van der Waals surface area contributed by atoms with E-state index in [1.807, 2.05) is 13.8 Å². The number of hydrogen-bond donors (Lipinski definition) is 3. The fourth-order valence-corrected chi connectivity index (χ4v) is 2.76. The first-order valence-corrected chi connectivity index (χ1v) is 9.36. The van der Waals surface area contributed by atoms with Crippen molar-refractivity contribution in [1.82, 2.24) is 5.32 Å². The summed E-state index contributed by atoms with van der Waals surface area (Å²) in [7, 11) is -1.18. The van der Waals surface area contributed by atoms with Crippen molar-refractivity contribution in [2.45, 2.75) is 59.7 Å². The number of rotatable bonds is 6. The summed E-state index contributed by atoms with van der Waals surface area (Å²) in [4.78, 5) is 22.5. The van der Waals surface area contributed by atoms with E-state index in [4.69, 9.17) is 19.2 Å². The number of alkyl carbamates (subject to hydrolysis) is 1. The van der Waals surface area contributed by atoms with E-state index >= 15 is 0 Å². The van der Waals surface area contributed by atoms with Crippen molar-refractivity contribution in [3.8, 4) is 5.75 Å². The molecule has 2 rings (SSSR count). The number of hydrogen-bond acceptors (Lipinski definition) is 6. The Morgan fingerprint density at radius 2 is 1.93 bits per heavy atom. The van der Waals surface area contributed by atoms with Crippen LogP contribution >= 0.6 is 0 Å². The maximum atomic E-state index is 11.6. The van der Waals surface area contributed by atoms with Crippen molar-refractivity contribution < 1.29 is 33.8 Å². The molecule has 3 N–H and O–H groups in total. The van der Waals surface area contributed by atoms with E-state index in [0.29, 0.717) is 16.8 Å². The highest BCUT2D eigenvalue weighted by Crippen LogP contribution is 2.31. The van der Waals surface area contributed by atoms with Crippen LogP contribution in [0, 0.1) is 6.92 Å². The second kappa shape index (κ2) is 10.3. The van der Waals surface area contributed by atoms with Crippen molar-refractivity contribution in [2.75, 3.05) is 13.2 Å². The molecule has 1 aliphatic heterocycles. The molecule has 0 spiro atoms. The zero-order chi connectivity index (χ0) is 21.5. The van der Waals surface area contributed by atoms with Gasteiger partial charge in [-0.25, -0.2) is 4.79 Å². The molecule has 8 nitrogen and oxygen atoms in total. The van der Waals surface area contributed by atoms with Crippen molar-refractivity contribution in [3.63, 3.8) is 0 Å². The number of benzene rings is 1. The van der Waals surface area contributed by atoms with Crippen LogP contribution in [0.25, 0.3) is 0 Å². The summed E-state index contributed by atoms with van der Waals surface area (Å²) in [5, 5.41) is 21.6. The molecule has 1 aromatic rings. The van der Waals surface area contributed by atoms with Gasteiger partial charge in [-0.15, -0.1) is 0 Å². The van der Waals surface area contributed by atoms with Gasteiger partial charge in [0.1, 0.15) is 18.0 Å². The van der Waals surface area contributed by atoms with Crippen LogP contribution in [0.4, 0.5) is 4.79 Å². The lowest BCUT2D eigenvalue weighted by molar-refractivity contribution is -0.138. The van der Waals surface area contributed by atoms with Crippen molar-refractivity contribution in [2.24, 2.45) is 0 Å². The Bertz CT molecular complexity index is 688. The lowest BCUT2D eigenvalue weighted by Gasteiger charge is -2.19. The summed E-state index contributed by atoms with van der Waals surface area (Å²) in [6, 6.07) is 3.38. The molecule has 0 aliphatic carbocycles. The van der Waals surface area contributed by atoms with Crippen LogP contribution in [0.15, 0.2) is 12.1 Å². The minimum Gasteiger partial charge on any atom is -0.492 e. The Balaban J connectivity index is 0.00000190. The van der Waals surface area contributed by atoms with Gasteiger partial charge in [0.15, 0.2) is 0 Å². The summed E-state index contributed by atoms with van der Waals surface area (Å²) in [6.45, 7) is 11.6. The van der Waals surface area contributed by atoms with Crippen LogP contribution in [0.3, 0.4) is 0 Å². The molecule has 0 aromatic heterocycles. The predicted molar refractivity (Wildman–Crippen MR) is 106 cm³/mol. The Morgan fingerprint density at radius 1 is 1.29 bits per heavy atom. The quantitative estimate of drug-likeness (QED) is 0.500. The van der Waals surface area contributed by atoms with E-state index in [2.05, 4.69) is 5.32 Å². The molecule has 28 heavy (non-hydrogen) atoms. The number of carbonyl (C=O) groups excluding carboxylic acids is 1. The summed E-state index contributed by atoms with van der Waals surface area (Å²) in [6.07, 6.45) is -1.42. The number of nitrogens with one attached hydrogen (secondary N) is 1. The molecule has 1 heterocycles. The second-order valence-electron chi connectivity index (χ2n) is 7.10. The first-order chi connectivity index (χ1) is 13.1. The molecule has 156 valence electrons. The Kier molecular flexibility index (Phi) is 8.78. The van der Waals surface area contributed by atoms with Gasteiger partial charge in [0.2, 0.25) is 0 Å². The molecule has 0 fully saturated rings. The molecule has 1 unspecified atom stereocenters. The Hall–Kier alpha value is -2.26. The van der Waals surface area contributed by atoms with Gasteiger partial charge in [0.25, 0.3) is 0 Å². The largest absolute Gasteiger partial charge is 0.492 e. The van der Waals surface area contributed by atoms with E-state index in [0.717, 1.165) is 5.56 Å².